The third-order valence-corrected chi connectivity index (χ3v) is 3.32. The topological polar surface area (TPSA) is 40.5 Å². The van der Waals surface area contributed by atoms with Crippen LogP contribution in [0, 0.1) is 5.82 Å². The first-order chi connectivity index (χ1) is 9.10. The lowest BCUT2D eigenvalue weighted by atomic mass is 10.1. The van der Waals surface area contributed by atoms with Gasteiger partial charge >= 0.3 is 5.97 Å². The van der Waals surface area contributed by atoms with Gasteiger partial charge in [0.25, 0.3) is 0 Å². The molecular formula is C15H18FNO2. The number of carboxylic acid groups (broad SMARTS) is 1. The van der Waals surface area contributed by atoms with E-state index in [4.69, 9.17) is 5.11 Å². The van der Waals surface area contributed by atoms with E-state index in [1.165, 1.54) is 25.0 Å². The summed E-state index contributed by atoms with van der Waals surface area (Å²) in [5.74, 6) is -1.46. The molecule has 0 atom stereocenters. The normalized spacial score (nSPS) is 15.3. The Hall–Kier alpha value is -1.68. The Morgan fingerprint density at radius 2 is 2.26 bits per heavy atom. The number of nitrogens with zero attached hydrogens (tertiary/aromatic N) is 1. The van der Waals surface area contributed by atoms with Crippen molar-refractivity contribution >= 4 is 12.0 Å². The number of aliphatic carboxylic acids is 1. The van der Waals surface area contributed by atoms with Gasteiger partial charge in [0, 0.05) is 24.2 Å². The van der Waals surface area contributed by atoms with Crippen LogP contribution < -0.4 is 0 Å². The Bertz CT molecular complexity index is 495. The first-order valence-electron chi connectivity index (χ1n) is 6.53. The standard InChI is InChI=1S/C15H18FNO2/c1-2-17(13-5-6-13)10-11-3-7-14(16)12(9-11)4-8-15(18)19/h3-4,7-9,13H,2,5-6,10H2,1H3,(H,18,19)/b8-4+. The van der Waals surface area contributed by atoms with Crippen LogP contribution in [0.2, 0.25) is 0 Å². The van der Waals surface area contributed by atoms with Gasteiger partial charge in [-0.15, -0.1) is 0 Å². The van der Waals surface area contributed by atoms with E-state index in [1.54, 1.807) is 12.1 Å². The van der Waals surface area contributed by atoms with Crippen molar-refractivity contribution in [3.8, 4) is 0 Å². The van der Waals surface area contributed by atoms with Crippen LogP contribution in [0.3, 0.4) is 0 Å². The minimum absolute atomic E-state index is 0.326. The molecule has 0 unspecified atom stereocenters. The van der Waals surface area contributed by atoms with Crippen molar-refractivity contribution in [1.82, 2.24) is 4.90 Å². The predicted molar refractivity (Wildman–Crippen MR) is 72.2 cm³/mol. The number of hydrogen-bond donors (Lipinski definition) is 1. The number of carbonyl (C=O) groups is 1. The third kappa shape index (κ3) is 3.89. The number of carboxylic acids is 1. The molecule has 1 aromatic rings. The summed E-state index contributed by atoms with van der Waals surface area (Å²) in [6.07, 6.45) is 4.73. The SMILES string of the molecule is CCN(Cc1ccc(F)c(/C=C/C(=O)O)c1)C1CC1. The van der Waals surface area contributed by atoms with Gasteiger partial charge in [-0.25, -0.2) is 9.18 Å². The van der Waals surface area contributed by atoms with E-state index >= 15 is 0 Å². The van der Waals surface area contributed by atoms with E-state index in [1.807, 2.05) is 0 Å². The second-order valence-corrected chi connectivity index (χ2v) is 4.82. The number of halogens is 1. The molecule has 1 aliphatic carbocycles. The van der Waals surface area contributed by atoms with Crippen LogP contribution in [0.25, 0.3) is 6.08 Å². The first-order valence-corrected chi connectivity index (χ1v) is 6.53. The quantitative estimate of drug-likeness (QED) is 0.802. The van der Waals surface area contributed by atoms with E-state index in [2.05, 4.69) is 11.8 Å². The number of hydrogen-bond acceptors (Lipinski definition) is 2. The van der Waals surface area contributed by atoms with Gasteiger partial charge < -0.3 is 5.11 Å². The smallest absolute Gasteiger partial charge is 0.328 e. The van der Waals surface area contributed by atoms with Crippen molar-refractivity contribution in [2.24, 2.45) is 0 Å². The maximum Gasteiger partial charge on any atom is 0.328 e. The van der Waals surface area contributed by atoms with Crippen LogP contribution in [-0.2, 0) is 11.3 Å². The van der Waals surface area contributed by atoms with Gasteiger partial charge in [-0.3, -0.25) is 4.90 Å². The van der Waals surface area contributed by atoms with Crippen LogP contribution in [0.5, 0.6) is 0 Å². The van der Waals surface area contributed by atoms with Crippen molar-refractivity contribution in [3.05, 3.63) is 41.2 Å². The van der Waals surface area contributed by atoms with Gasteiger partial charge in [0.1, 0.15) is 5.82 Å². The Morgan fingerprint density at radius 3 is 2.84 bits per heavy atom. The summed E-state index contributed by atoms with van der Waals surface area (Å²) in [5, 5.41) is 8.58. The minimum Gasteiger partial charge on any atom is -0.478 e. The number of rotatable bonds is 6. The molecule has 0 heterocycles. The molecule has 0 aromatic heterocycles. The molecule has 4 heteroatoms. The maximum atomic E-state index is 13.6. The summed E-state index contributed by atoms with van der Waals surface area (Å²) in [6.45, 7) is 3.88. The van der Waals surface area contributed by atoms with Gasteiger partial charge in [-0.1, -0.05) is 13.0 Å². The maximum absolute atomic E-state index is 13.6. The summed E-state index contributed by atoms with van der Waals surface area (Å²) in [4.78, 5) is 12.8. The summed E-state index contributed by atoms with van der Waals surface area (Å²) < 4.78 is 13.6. The van der Waals surface area contributed by atoms with Gasteiger partial charge in [0.2, 0.25) is 0 Å². The monoisotopic (exact) mass is 263 g/mol. The van der Waals surface area contributed by atoms with Crippen LogP contribution in [0.15, 0.2) is 24.3 Å². The largest absolute Gasteiger partial charge is 0.478 e. The summed E-state index contributed by atoms with van der Waals surface area (Å²) in [5.41, 5.74) is 1.34. The molecule has 19 heavy (non-hydrogen) atoms. The molecule has 0 spiro atoms. The highest BCUT2D eigenvalue weighted by atomic mass is 19.1. The van der Waals surface area contributed by atoms with E-state index in [9.17, 15) is 9.18 Å². The molecule has 1 saturated carbocycles. The Morgan fingerprint density at radius 1 is 1.53 bits per heavy atom. The molecule has 1 aromatic carbocycles. The lowest BCUT2D eigenvalue weighted by molar-refractivity contribution is -0.131. The molecule has 1 N–H and O–H groups in total. The Labute approximate surface area is 112 Å². The molecular weight excluding hydrogens is 245 g/mol. The van der Waals surface area contributed by atoms with E-state index in [-0.39, 0.29) is 0 Å². The zero-order valence-corrected chi connectivity index (χ0v) is 11.0. The van der Waals surface area contributed by atoms with Crippen molar-refractivity contribution < 1.29 is 14.3 Å². The van der Waals surface area contributed by atoms with E-state index < -0.39 is 11.8 Å². The second kappa shape index (κ2) is 5.97. The molecule has 2 rings (SSSR count). The average Bonchev–Trinajstić information content (AvgIpc) is 3.20. The molecule has 0 amide bonds. The highest BCUT2D eigenvalue weighted by Gasteiger charge is 2.27. The van der Waals surface area contributed by atoms with Gasteiger partial charge in [0.05, 0.1) is 0 Å². The summed E-state index contributed by atoms with van der Waals surface area (Å²) >= 11 is 0. The molecule has 3 nitrogen and oxygen atoms in total. The average molecular weight is 263 g/mol. The fourth-order valence-corrected chi connectivity index (χ4v) is 2.15. The van der Waals surface area contributed by atoms with Crippen molar-refractivity contribution in [1.29, 1.82) is 0 Å². The summed E-state index contributed by atoms with van der Waals surface area (Å²) in [7, 11) is 0. The Balaban J connectivity index is 2.13. The molecule has 0 bridgehead atoms. The van der Waals surface area contributed by atoms with Crippen LogP contribution in [0.1, 0.15) is 30.9 Å². The van der Waals surface area contributed by atoms with Crippen molar-refractivity contribution in [2.75, 3.05) is 6.54 Å². The van der Waals surface area contributed by atoms with E-state index in [0.717, 1.165) is 24.7 Å². The molecule has 1 fully saturated rings. The lowest BCUT2D eigenvalue weighted by Crippen LogP contribution is -2.25. The van der Waals surface area contributed by atoms with Crippen molar-refractivity contribution in [2.45, 2.75) is 32.4 Å². The highest BCUT2D eigenvalue weighted by molar-refractivity contribution is 5.85. The summed E-state index contributed by atoms with van der Waals surface area (Å²) in [6, 6.07) is 5.55. The highest BCUT2D eigenvalue weighted by Crippen LogP contribution is 2.28. The molecule has 0 aliphatic heterocycles. The fourth-order valence-electron chi connectivity index (χ4n) is 2.15. The van der Waals surface area contributed by atoms with Crippen LogP contribution in [-0.4, -0.2) is 28.6 Å². The van der Waals surface area contributed by atoms with Gasteiger partial charge in [0.15, 0.2) is 0 Å². The van der Waals surface area contributed by atoms with E-state index in [0.29, 0.717) is 11.6 Å². The predicted octanol–water partition coefficient (Wildman–Crippen LogP) is 2.91. The zero-order chi connectivity index (χ0) is 13.8. The fraction of sp³-hybridized carbons (Fsp3) is 0.400. The van der Waals surface area contributed by atoms with Crippen LogP contribution >= 0.6 is 0 Å². The third-order valence-electron chi connectivity index (χ3n) is 3.32. The minimum atomic E-state index is -1.07. The lowest BCUT2D eigenvalue weighted by Gasteiger charge is -2.20. The van der Waals surface area contributed by atoms with Gasteiger partial charge in [-0.05, 0) is 43.2 Å². The molecule has 0 saturated heterocycles. The molecule has 0 radical (unpaired) electrons. The second-order valence-electron chi connectivity index (χ2n) is 4.82. The van der Waals surface area contributed by atoms with Crippen molar-refractivity contribution in [3.63, 3.8) is 0 Å². The number of benzene rings is 1. The zero-order valence-electron chi connectivity index (χ0n) is 11.0. The van der Waals surface area contributed by atoms with Crippen LogP contribution in [0.4, 0.5) is 4.39 Å². The molecule has 102 valence electrons. The molecule has 1 aliphatic rings. The van der Waals surface area contributed by atoms with Gasteiger partial charge in [-0.2, -0.15) is 0 Å². The first kappa shape index (κ1) is 13.7. The Kier molecular flexibility index (Phi) is 4.32.